The van der Waals surface area contributed by atoms with E-state index in [0.29, 0.717) is 12.8 Å². The first-order valence-corrected chi connectivity index (χ1v) is 30.8. The second-order valence-corrected chi connectivity index (χ2v) is 23.8. The fraction of sp³-hybridized carbons (Fsp3) is 0.704. The first kappa shape index (κ1) is 77.7. The molecule has 2 rings (SSSR count). The van der Waals surface area contributed by atoms with Crippen LogP contribution in [-0.2, 0) is 71.9 Å². The van der Waals surface area contributed by atoms with Crippen LogP contribution in [0.2, 0.25) is 0 Å². The molecule has 11 atom stereocenters. The van der Waals surface area contributed by atoms with Crippen LogP contribution in [0.4, 0.5) is 0 Å². The van der Waals surface area contributed by atoms with Gasteiger partial charge in [-0.1, -0.05) is 27.7 Å². The summed E-state index contributed by atoms with van der Waals surface area (Å²) in [6, 6.07) is -14.7. The van der Waals surface area contributed by atoms with Gasteiger partial charge in [-0.3, -0.25) is 76.9 Å². The zero-order valence-electron chi connectivity index (χ0n) is 51.8. The van der Waals surface area contributed by atoms with Crippen molar-refractivity contribution in [3.8, 4) is 0 Å². The summed E-state index contributed by atoms with van der Waals surface area (Å²) >= 11 is 0.830. The zero-order valence-corrected chi connectivity index (χ0v) is 52.6. The molecule has 2 fully saturated rings. The highest BCUT2D eigenvalue weighted by molar-refractivity contribution is 8.00. The van der Waals surface area contributed by atoms with Crippen LogP contribution in [0.1, 0.15) is 119 Å². The van der Waals surface area contributed by atoms with E-state index in [2.05, 4.69) is 63.5 Å². The molecule has 0 aliphatic carbocycles. The Kier molecular flexibility index (Phi) is 34.2. The molecule has 2 heterocycles. The second kappa shape index (κ2) is 39.6. The number of thioether (sulfide) groups is 1. The van der Waals surface area contributed by atoms with Gasteiger partial charge >= 0.3 is 0 Å². The number of nitrogens with zero attached hydrogens (tertiary/aromatic N) is 2. The van der Waals surface area contributed by atoms with Gasteiger partial charge in [0.05, 0.1) is 31.4 Å². The normalized spacial score (nSPS) is 25.7. The number of hydrogen-bond acceptors (Lipinski definition) is 19. The standard InChI is InChI=1S/C54H93N19O16S/c1-26(2)19-33-48(84)66-30(12-9-17-61-54(59)60)47(83)70-34(20-27(3)4)49(85)68-32(11-7-8-16-55)53(89)73-18-10-13-37(73)51(87)72-43(29(6)74)52(88)71-35(21-39(57)76)50(86)67-31(14-15-38(56)75)46(82)63-22-40(77)62-23-41(78)65-36(44(58)80)24-90-25-42(79)64-28(5)45(81)69-33/h26-37,43,74H,7-25,55H2,1-6H3,(H2,56,75)(H2,57,76)(H2,58,80)(H,62,77)(H,63,82)(H,64,79)(H,65,78)(H,66,84)(H,67,86)(H,68,85)(H,69,81)(H,70,83)(H,71,88)(H,72,87)(H4,59,60,61)/t28-,29+,30-,31-,32-,33-,34-,35-,36-,37-,43-/m0/s1. The van der Waals surface area contributed by atoms with Gasteiger partial charge in [-0.15, -0.1) is 11.8 Å². The number of rotatable bonds is 19. The molecule has 506 valence electrons. The summed E-state index contributed by atoms with van der Waals surface area (Å²) in [5, 5.41) is 37.7. The van der Waals surface area contributed by atoms with E-state index in [9.17, 15) is 77.0 Å². The van der Waals surface area contributed by atoms with Crippen molar-refractivity contribution in [1.82, 2.24) is 63.4 Å². The van der Waals surface area contributed by atoms with Crippen LogP contribution in [0.25, 0.3) is 0 Å². The summed E-state index contributed by atoms with van der Waals surface area (Å²) in [5.41, 5.74) is 33.1. The maximum atomic E-state index is 14.7. The molecule has 35 nitrogen and oxygen atoms in total. The lowest BCUT2D eigenvalue weighted by Crippen LogP contribution is -2.62. The number of carbonyl (C=O) groups excluding carboxylic acids is 15. The molecule has 90 heavy (non-hydrogen) atoms. The number of aliphatic hydroxyl groups excluding tert-OH is 1. The Morgan fingerprint density at radius 2 is 1.11 bits per heavy atom. The first-order chi connectivity index (χ1) is 42.2. The Morgan fingerprint density at radius 3 is 1.67 bits per heavy atom. The van der Waals surface area contributed by atoms with Gasteiger partial charge < -0.3 is 103 Å². The molecule has 0 bridgehead atoms. The van der Waals surface area contributed by atoms with Crippen molar-refractivity contribution in [2.24, 2.45) is 51.2 Å². The molecule has 0 aromatic rings. The Morgan fingerprint density at radius 1 is 0.578 bits per heavy atom. The molecule has 15 amide bonds. The number of aliphatic imine (C=N–C) groups is 1. The predicted molar refractivity (Wildman–Crippen MR) is 326 cm³/mol. The van der Waals surface area contributed by atoms with E-state index in [1.165, 1.54) is 11.8 Å². The van der Waals surface area contributed by atoms with Crippen LogP contribution in [0.5, 0.6) is 0 Å². The second-order valence-electron chi connectivity index (χ2n) is 22.8. The van der Waals surface area contributed by atoms with Gasteiger partial charge in [-0.25, -0.2) is 0 Å². The molecule has 0 spiro atoms. The van der Waals surface area contributed by atoms with Crippen LogP contribution < -0.4 is 92.9 Å². The van der Waals surface area contributed by atoms with Crippen molar-refractivity contribution in [2.75, 3.05) is 44.2 Å². The first-order valence-electron chi connectivity index (χ1n) is 29.7. The van der Waals surface area contributed by atoms with E-state index < -0.39 is 187 Å². The van der Waals surface area contributed by atoms with Crippen molar-refractivity contribution >= 4 is 106 Å². The van der Waals surface area contributed by atoms with Crippen LogP contribution >= 0.6 is 11.8 Å². The third-order valence-electron chi connectivity index (χ3n) is 13.9. The van der Waals surface area contributed by atoms with E-state index in [4.69, 9.17) is 34.4 Å². The highest BCUT2D eigenvalue weighted by Crippen LogP contribution is 2.21. The summed E-state index contributed by atoms with van der Waals surface area (Å²) in [6.45, 7) is 8.13. The van der Waals surface area contributed by atoms with Gasteiger partial charge in [-0.05, 0) is 96.4 Å². The Labute approximate surface area is 525 Å². The molecule has 0 aromatic heterocycles. The van der Waals surface area contributed by atoms with E-state index in [1.54, 1.807) is 27.7 Å². The van der Waals surface area contributed by atoms with Crippen LogP contribution in [-0.4, -0.2) is 215 Å². The molecule has 0 radical (unpaired) electrons. The predicted octanol–water partition coefficient (Wildman–Crippen LogP) is -8.38. The fourth-order valence-electron chi connectivity index (χ4n) is 9.29. The smallest absolute Gasteiger partial charge is 0.245 e. The maximum absolute atomic E-state index is 14.7. The molecular weight excluding hydrogens is 1200 g/mol. The van der Waals surface area contributed by atoms with Crippen molar-refractivity contribution in [3.63, 3.8) is 0 Å². The number of unbranched alkanes of at least 4 members (excludes halogenated alkanes) is 1. The SMILES string of the molecule is CC(C)C[C@@H]1NC(=O)[C@H](C)NC(=O)CSC[C@@H](C(N)=O)NC(=O)CNC(=O)CNC(=O)[C@H](CCC(N)=O)NC(=O)[C@H](CC(N)=O)NC(=O)[C@H]([C@@H](C)O)NC(=O)[C@@H]2CCCN2C(=O)[C@H](CCCCN)NC(=O)[C@H](CC(C)C)NC(=O)[C@H](CCCN=C(N)N)NC1=O. The van der Waals surface area contributed by atoms with E-state index in [0.717, 1.165) is 18.7 Å². The third kappa shape index (κ3) is 28.8. The lowest BCUT2D eigenvalue weighted by molar-refractivity contribution is -0.143. The van der Waals surface area contributed by atoms with Gasteiger partial charge in [0.15, 0.2) is 5.96 Å². The molecule has 36 heteroatoms. The van der Waals surface area contributed by atoms with Crippen molar-refractivity contribution in [3.05, 3.63) is 0 Å². The van der Waals surface area contributed by atoms with Crippen molar-refractivity contribution < 1.29 is 77.0 Å². The summed E-state index contributed by atoms with van der Waals surface area (Å²) in [4.78, 5) is 207. The minimum Gasteiger partial charge on any atom is -0.391 e. The highest BCUT2D eigenvalue weighted by atomic mass is 32.2. The summed E-state index contributed by atoms with van der Waals surface area (Å²) < 4.78 is 0. The third-order valence-corrected chi connectivity index (χ3v) is 14.9. The molecular formula is C54H93N19O16S. The summed E-state index contributed by atoms with van der Waals surface area (Å²) in [6.07, 6.45) is -2.55. The molecule has 2 saturated heterocycles. The number of fused-ring (bicyclic) bond motifs is 1. The average Bonchev–Trinajstić information content (AvgIpc) is 1.64. The number of amides is 15. The number of carbonyl (C=O) groups is 15. The van der Waals surface area contributed by atoms with Crippen molar-refractivity contribution in [2.45, 2.75) is 185 Å². The van der Waals surface area contributed by atoms with Gasteiger partial charge in [0.25, 0.3) is 0 Å². The Hall–Kier alpha value is -8.41. The lowest BCUT2D eigenvalue weighted by Gasteiger charge is -2.32. The Bertz CT molecular complexity index is 2590. The monoisotopic (exact) mass is 1300 g/mol. The average molecular weight is 1300 g/mol. The van der Waals surface area contributed by atoms with Crippen LogP contribution in [0.15, 0.2) is 4.99 Å². The van der Waals surface area contributed by atoms with Gasteiger partial charge in [0.1, 0.15) is 60.4 Å². The minimum absolute atomic E-state index is 0.00229. The van der Waals surface area contributed by atoms with Gasteiger partial charge in [0.2, 0.25) is 88.6 Å². The molecule has 0 aromatic carbocycles. The minimum atomic E-state index is -1.91. The molecule has 2 aliphatic rings. The summed E-state index contributed by atoms with van der Waals surface area (Å²) in [7, 11) is 0. The maximum Gasteiger partial charge on any atom is 0.245 e. The quantitative estimate of drug-likeness (QED) is 0.0324. The summed E-state index contributed by atoms with van der Waals surface area (Å²) in [5.74, 6) is -15.6. The van der Waals surface area contributed by atoms with E-state index >= 15 is 0 Å². The molecule has 0 saturated carbocycles. The number of nitrogens with one attached hydrogen (secondary N) is 11. The van der Waals surface area contributed by atoms with Crippen LogP contribution in [0.3, 0.4) is 0 Å². The van der Waals surface area contributed by atoms with E-state index in [1.807, 2.05) is 0 Å². The number of aliphatic hydroxyl groups is 1. The zero-order chi connectivity index (χ0) is 67.9. The van der Waals surface area contributed by atoms with Gasteiger partial charge in [0, 0.05) is 25.3 Å². The lowest BCUT2D eigenvalue weighted by atomic mass is 10.00. The number of guanidine groups is 1. The largest absolute Gasteiger partial charge is 0.391 e. The topological polar surface area (TPSA) is 580 Å². The van der Waals surface area contributed by atoms with Crippen molar-refractivity contribution in [1.29, 1.82) is 0 Å². The molecule has 2 aliphatic heterocycles. The van der Waals surface area contributed by atoms with E-state index in [-0.39, 0.29) is 93.9 Å². The van der Waals surface area contributed by atoms with Gasteiger partial charge in [-0.2, -0.15) is 0 Å². The number of nitrogens with two attached hydrogens (primary N) is 6. The molecule has 24 N–H and O–H groups in total. The number of hydrogen-bond donors (Lipinski definition) is 18. The fourth-order valence-corrected chi connectivity index (χ4v) is 10.2. The Balaban J connectivity index is 2.71. The number of primary amides is 3. The van der Waals surface area contributed by atoms with Crippen LogP contribution in [0, 0.1) is 11.8 Å². The molecule has 0 unspecified atom stereocenters. The highest BCUT2D eigenvalue weighted by Gasteiger charge is 2.41.